The lowest BCUT2D eigenvalue weighted by atomic mass is 9.84. The minimum absolute atomic E-state index is 0.691. The van der Waals surface area contributed by atoms with Crippen molar-refractivity contribution in [2.45, 2.75) is 166 Å². The summed E-state index contributed by atoms with van der Waals surface area (Å²) in [5.41, 5.74) is 29.2. The first kappa shape index (κ1) is 52.4. The second-order valence-electron chi connectivity index (χ2n) is 19.7. The topological polar surface area (TPSA) is 55.4 Å². The van der Waals surface area contributed by atoms with Crippen molar-refractivity contribution in [1.82, 2.24) is 0 Å². The molecular formula is C60H76O6P2. The first-order chi connectivity index (χ1) is 31.7. The smallest absolute Gasteiger partial charge is 0.408 e. The molecule has 0 unspecified atom stereocenters. The van der Waals surface area contributed by atoms with Crippen molar-refractivity contribution >= 4 is 17.2 Å². The van der Waals surface area contributed by atoms with Gasteiger partial charge in [0.15, 0.2) is 0 Å². The fourth-order valence-electron chi connectivity index (χ4n) is 9.05. The highest BCUT2D eigenvalue weighted by atomic mass is 31.2. The Morgan fingerprint density at radius 1 is 0.206 bits per heavy atom. The van der Waals surface area contributed by atoms with Gasteiger partial charge in [-0.15, -0.1) is 0 Å². The van der Waals surface area contributed by atoms with Crippen LogP contribution in [0, 0.1) is 166 Å². The van der Waals surface area contributed by atoms with Gasteiger partial charge < -0.3 is 27.1 Å². The molecule has 0 radical (unpaired) electrons. The Morgan fingerprint density at radius 2 is 0.397 bits per heavy atom. The summed E-state index contributed by atoms with van der Waals surface area (Å²) in [7, 11) is -4.17. The summed E-state index contributed by atoms with van der Waals surface area (Å²) < 4.78 is 43.0. The maximum Gasteiger partial charge on any atom is 0.530 e. The molecule has 362 valence electrons. The lowest BCUT2D eigenvalue weighted by Crippen LogP contribution is -2.11. The quantitative estimate of drug-likeness (QED) is 0.108. The van der Waals surface area contributed by atoms with Crippen LogP contribution in [-0.2, 0) is 0 Å². The van der Waals surface area contributed by atoms with E-state index in [4.69, 9.17) is 27.1 Å². The average molecular weight is 955 g/mol. The summed E-state index contributed by atoms with van der Waals surface area (Å²) in [5.74, 6) is 4.35. The summed E-state index contributed by atoms with van der Waals surface area (Å²) in [6.45, 7) is 51.6. The van der Waals surface area contributed by atoms with Crippen molar-refractivity contribution in [3.63, 3.8) is 0 Å². The van der Waals surface area contributed by atoms with E-state index in [1.165, 1.54) is 55.6 Å². The normalized spacial score (nSPS) is 11.5. The zero-order valence-corrected chi connectivity index (χ0v) is 47.4. The van der Waals surface area contributed by atoms with E-state index in [1.54, 1.807) is 0 Å². The Labute approximate surface area is 412 Å². The van der Waals surface area contributed by atoms with Crippen LogP contribution in [0.1, 0.15) is 134 Å². The first-order valence-electron chi connectivity index (χ1n) is 23.9. The minimum atomic E-state index is -2.08. The fourth-order valence-corrected chi connectivity index (χ4v) is 11.4. The SMILES string of the molecule is Cc1cc(OP(Oc2cc(C)c(C)c(C)c2C)Oc2c(C)c(C)c(C)c(C)c2-c2c(C)c(C)c(C)c(C)c2OP(Oc2cc(C)c(C)c(C)c2C)Oc2cc(C)c(C)c(C)c2C)c(C)c(C)c1C. The van der Waals surface area contributed by atoms with Crippen molar-refractivity contribution in [2.75, 3.05) is 0 Å². The molecule has 0 heterocycles. The predicted molar refractivity (Wildman–Crippen MR) is 289 cm³/mol. The van der Waals surface area contributed by atoms with Crippen LogP contribution < -0.4 is 27.1 Å². The number of benzene rings is 6. The Morgan fingerprint density at radius 3 is 0.618 bits per heavy atom. The molecule has 6 nitrogen and oxygen atoms in total. The van der Waals surface area contributed by atoms with Gasteiger partial charge in [0.05, 0.1) is 0 Å². The van der Waals surface area contributed by atoms with Crippen LogP contribution in [0.15, 0.2) is 24.3 Å². The number of rotatable bonds is 13. The van der Waals surface area contributed by atoms with Gasteiger partial charge in [-0.1, -0.05) is 0 Å². The molecule has 0 fully saturated rings. The molecule has 0 aliphatic heterocycles. The van der Waals surface area contributed by atoms with Crippen molar-refractivity contribution in [2.24, 2.45) is 0 Å². The van der Waals surface area contributed by atoms with Crippen molar-refractivity contribution in [3.05, 3.63) is 158 Å². The molecular weight excluding hydrogens is 879 g/mol. The van der Waals surface area contributed by atoms with Gasteiger partial charge in [-0.05, 0) is 324 Å². The van der Waals surface area contributed by atoms with Gasteiger partial charge in [0.2, 0.25) is 0 Å². The fraction of sp³-hybridized carbons (Fsp3) is 0.400. The van der Waals surface area contributed by atoms with E-state index >= 15 is 0 Å². The monoisotopic (exact) mass is 955 g/mol. The molecule has 0 amide bonds. The zero-order chi connectivity index (χ0) is 50.7. The van der Waals surface area contributed by atoms with E-state index in [-0.39, 0.29) is 0 Å². The summed E-state index contributed by atoms with van der Waals surface area (Å²) >= 11 is 0. The third-order valence-corrected chi connectivity index (χ3v) is 18.3. The lowest BCUT2D eigenvalue weighted by Gasteiger charge is -2.29. The molecule has 0 atom stereocenters. The van der Waals surface area contributed by atoms with Gasteiger partial charge in [0.25, 0.3) is 0 Å². The van der Waals surface area contributed by atoms with Crippen molar-refractivity contribution in [3.8, 4) is 45.6 Å². The Balaban J connectivity index is 1.63. The highest BCUT2D eigenvalue weighted by Crippen LogP contribution is 2.56. The van der Waals surface area contributed by atoms with E-state index in [2.05, 4.69) is 190 Å². The Hall–Kier alpha value is -5.02. The second kappa shape index (κ2) is 20.1. The molecule has 68 heavy (non-hydrogen) atoms. The van der Waals surface area contributed by atoms with E-state index in [1.807, 2.05) is 0 Å². The van der Waals surface area contributed by atoms with Crippen LogP contribution in [0.3, 0.4) is 0 Å². The number of hydrogen-bond donors (Lipinski definition) is 0. The molecule has 6 aromatic rings. The molecule has 0 spiro atoms. The molecule has 6 aromatic carbocycles. The summed E-state index contributed by atoms with van der Waals surface area (Å²) in [6.07, 6.45) is 0. The van der Waals surface area contributed by atoms with Crippen molar-refractivity contribution < 1.29 is 27.1 Å². The summed E-state index contributed by atoms with van der Waals surface area (Å²) in [6, 6.07) is 8.45. The Bertz CT molecular complexity index is 2680. The molecule has 0 aromatic heterocycles. The number of aryl methyl sites for hydroxylation is 4. The highest BCUT2D eigenvalue weighted by Gasteiger charge is 2.34. The van der Waals surface area contributed by atoms with Crippen LogP contribution >= 0.6 is 17.2 Å². The molecule has 0 aliphatic rings. The largest absolute Gasteiger partial charge is 0.530 e. The highest BCUT2D eigenvalue weighted by molar-refractivity contribution is 7.43. The third kappa shape index (κ3) is 9.62. The predicted octanol–water partition coefficient (Wildman–Crippen LogP) is 18.3. The molecule has 0 saturated carbocycles. The Kier molecular flexibility index (Phi) is 15.5. The van der Waals surface area contributed by atoms with Gasteiger partial charge in [-0.25, -0.2) is 0 Å². The summed E-state index contributed by atoms with van der Waals surface area (Å²) in [4.78, 5) is 0. The van der Waals surface area contributed by atoms with Gasteiger partial charge in [0, 0.05) is 11.1 Å². The van der Waals surface area contributed by atoms with Crippen LogP contribution in [-0.4, -0.2) is 0 Å². The van der Waals surface area contributed by atoms with Crippen LogP contribution in [0.4, 0.5) is 0 Å². The second-order valence-corrected chi connectivity index (χ2v) is 21.7. The van der Waals surface area contributed by atoms with Gasteiger partial charge >= 0.3 is 17.2 Å². The molecule has 0 aliphatic carbocycles. The van der Waals surface area contributed by atoms with E-state index in [9.17, 15) is 0 Å². The van der Waals surface area contributed by atoms with E-state index < -0.39 is 17.2 Å². The molecule has 0 N–H and O–H groups in total. The maximum absolute atomic E-state index is 7.42. The minimum Gasteiger partial charge on any atom is -0.408 e. The zero-order valence-electron chi connectivity index (χ0n) is 45.7. The standard InChI is InChI=1S/C60H76O6P2/c1-29-25-53(45(17)37(9)33(29)5)61-67(62-54-26-30(2)34(6)38(10)46(54)18)65-59-51(23)43(15)41(13)49(21)57(59)58-50(22)42(14)44(16)52(24)60(58)66-68(63-55-27-31(3)35(7)39(11)47(55)19)64-56-28-32(4)36(8)40(12)48(56)20/h25-28H,1-24H3. The molecule has 0 saturated heterocycles. The van der Waals surface area contributed by atoms with Crippen molar-refractivity contribution in [1.29, 1.82) is 0 Å². The maximum atomic E-state index is 7.42. The lowest BCUT2D eigenvalue weighted by molar-refractivity contribution is 0.381. The van der Waals surface area contributed by atoms with E-state index in [0.29, 0.717) is 11.5 Å². The number of hydrogen-bond acceptors (Lipinski definition) is 6. The van der Waals surface area contributed by atoms with Crippen LogP contribution in [0.25, 0.3) is 11.1 Å². The average Bonchev–Trinajstić information content (AvgIpc) is 3.30. The van der Waals surface area contributed by atoms with Gasteiger partial charge in [-0.2, -0.15) is 0 Å². The van der Waals surface area contributed by atoms with E-state index in [0.717, 1.165) is 112 Å². The van der Waals surface area contributed by atoms with Gasteiger partial charge in [0.1, 0.15) is 34.5 Å². The first-order valence-corrected chi connectivity index (χ1v) is 26.1. The third-order valence-electron chi connectivity index (χ3n) is 16.3. The van der Waals surface area contributed by atoms with Crippen LogP contribution in [0.2, 0.25) is 0 Å². The molecule has 0 bridgehead atoms. The van der Waals surface area contributed by atoms with Gasteiger partial charge in [-0.3, -0.25) is 0 Å². The summed E-state index contributed by atoms with van der Waals surface area (Å²) in [5, 5.41) is 0. The molecule has 8 heteroatoms. The van der Waals surface area contributed by atoms with Crippen LogP contribution in [0.5, 0.6) is 34.5 Å². The molecule has 6 rings (SSSR count).